The third-order valence-electron chi connectivity index (χ3n) is 4.85. The first-order valence-corrected chi connectivity index (χ1v) is 10.2. The molecule has 9 heteroatoms. The van der Waals surface area contributed by atoms with Crippen LogP contribution in [0.25, 0.3) is 6.08 Å². The number of aliphatic imine (C=N–C) groups is 1. The second-order valence-corrected chi connectivity index (χ2v) is 7.08. The van der Waals surface area contributed by atoms with Crippen molar-refractivity contribution in [2.45, 2.75) is 6.92 Å². The molecule has 0 aliphatic carbocycles. The molecule has 33 heavy (non-hydrogen) atoms. The third-order valence-corrected chi connectivity index (χ3v) is 4.85. The zero-order valence-electron chi connectivity index (χ0n) is 18.5. The number of para-hydroxylation sites is 2. The fraction of sp³-hybridized carbons (Fsp3) is 0.208. The fourth-order valence-electron chi connectivity index (χ4n) is 3.30. The van der Waals surface area contributed by atoms with Gasteiger partial charge in [0, 0.05) is 6.08 Å². The highest BCUT2D eigenvalue weighted by molar-refractivity contribution is 6.32. The van der Waals surface area contributed by atoms with Gasteiger partial charge in [-0.1, -0.05) is 18.2 Å². The minimum Gasteiger partial charge on any atom is -0.493 e. The second kappa shape index (κ2) is 9.47. The summed E-state index contributed by atoms with van der Waals surface area (Å²) in [5.41, 5.74) is 0.767. The number of nitrogens with one attached hydrogen (secondary N) is 1. The first-order chi connectivity index (χ1) is 16.0. The molecule has 1 N–H and O–H groups in total. The Kier molecular flexibility index (Phi) is 6.30. The van der Waals surface area contributed by atoms with Gasteiger partial charge in [-0.25, -0.2) is 0 Å². The first kappa shape index (κ1) is 21.9. The summed E-state index contributed by atoms with van der Waals surface area (Å²) in [4.78, 5) is 21.9. The molecular formula is C24H23N3O6. The van der Waals surface area contributed by atoms with Crippen LogP contribution in [0, 0.1) is 5.41 Å². The Hall–Kier alpha value is -4.27. The van der Waals surface area contributed by atoms with E-state index in [-0.39, 0.29) is 18.0 Å². The summed E-state index contributed by atoms with van der Waals surface area (Å²) in [6.45, 7) is 2.33. The molecule has 0 unspecified atom stereocenters. The van der Waals surface area contributed by atoms with Crippen LogP contribution in [0.15, 0.2) is 64.9 Å². The normalized spacial score (nSPS) is 16.1. The lowest BCUT2D eigenvalue weighted by atomic mass is 10.1. The summed E-state index contributed by atoms with van der Waals surface area (Å²) < 4.78 is 22.2. The van der Waals surface area contributed by atoms with Crippen molar-refractivity contribution in [2.75, 3.05) is 27.4 Å². The summed E-state index contributed by atoms with van der Waals surface area (Å²) in [6.07, 6.45) is 3.18. The molecule has 0 spiro atoms. The fourth-order valence-corrected chi connectivity index (χ4v) is 3.30. The largest absolute Gasteiger partial charge is 0.493 e. The smallest absolute Gasteiger partial charge is 0.282 e. The maximum absolute atomic E-state index is 12.4. The molecule has 0 saturated carbocycles. The molecule has 0 fully saturated rings. The third kappa shape index (κ3) is 4.67. The van der Waals surface area contributed by atoms with Crippen molar-refractivity contribution in [3.8, 4) is 23.0 Å². The van der Waals surface area contributed by atoms with Gasteiger partial charge in [0.2, 0.25) is 0 Å². The highest BCUT2D eigenvalue weighted by Gasteiger charge is 2.34. The first-order valence-electron chi connectivity index (χ1n) is 10.2. The van der Waals surface area contributed by atoms with E-state index >= 15 is 0 Å². The Labute approximate surface area is 191 Å². The molecule has 0 radical (unpaired) electrons. The Bertz CT molecular complexity index is 1180. The Morgan fingerprint density at radius 2 is 1.67 bits per heavy atom. The Balaban J connectivity index is 1.43. The minimum atomic E-state index is -0.506. The number of amides is 1. The standard InChI is InChI=1S/C24H23N3O6/c1-15-12-22-26-24(28)17(23(25)27(22)33-15)13-16-8-9-20(21(14-16)30-3)32-11-10-31-19-7-5-4-6-18(19)29-2/h4-9,12-14,25H,10-11H2,1-3H3/b17-13+,25-23?. The molecule has 0 atom stereocenters. The van der Waals surface area contributed by atoms with Crippen LogP contribution < -0.4 is 18.9 Å². The number of rotatable bonds is 8. The maximum Gasteiger partial charge on any atom is 0.282 e. The summed E-state index contributed by atoms with van der Waals surface area (Å²) in [6, 6.07) is 12.6. The average molecular weight is 449 g/mol. The number of nitrogens with zero attached hydrogens (tertiary/aromatic N) is 2. The molecule has 4 rings (SSSR count). The molecule has 0 saturated heterocycles. The lowest BCUT2D eigenvalue weighted by Crippen LogP contribution is -2.38. The van der Waals surface area contributed by atoms with E-state index in [2.05, 4.69) is 4.99 Å². The quantitative estimate of drug-likeness (QED) is 0.485. The summed E-state index contributed by atoms with van der Waals surface area (Å²) in [5, 5.41) is 9.54. The Morgan fingerprint density at radius 1 is 1.00 bits per heavy atom. The van der Waals surface area contributed by atoms with Gasteiger partial charge in [-0.2, -0.15) is 4.99 Å². The van der Waals surface area contributed by atoms with Crippen molar-refractivity contribution in [3.63, 3.8) is 0 Å². The van der Waals surface area contributed by atoms with Crippen molar-refractivity contribution in [3.05, 3.63) is 65.4 Å². The van der Waals surface area contributed by atoms with Gasteiger partial charge >= 0.3 is 0 Å². The molecule has 0 aromatic heterocycles. The number of hydrogen-bond acceptors (Lipinski definition) is 7. The van der Waals surface area contributed by atoms with Crippen molar-refractivity contribution in [1.82, 2.24) is 5.06 Å². The van der Waals surface area contributed by atoms with Gasteiger partial charge in [-0.15, -0.1) is 5.06 Å². The molecule has 170 valence electrons. The van der Waals surface area contributed by atoms with E-state index in [9.17, 15) is 4.79 Å². The molecule has 0 bridgehead atoms. The number of carbonyl (C=O) groups excluding carboxylic acids is 1. The summed E-state index contributed by atoms with van der Waals surface area (Å²) >= 11 is 0. The zero-order valence-corrected chi connectivity index (χ0v) is 18.5. The molecule has 2 aromatic carbocycles. The van der Waals surface area contributed by atoms with E-state index in [4.69, 9.17) is 29.2 Å². The van der Waals surface area contributed by atoms with E-state index in [1.54, 1.807) is 44.4 Å². The van der Waals surface area contributed by atoms with E-state index in [1.807, 2.05) is 24.3 Å². The van der Waals surface area contributed by atoms with Gasteiger partial charge in [0.25, 0.3) is 5.91 Å². The molecule has 2 aromatic rings. The zero-order chi connectivity index (χ0) is 23.4. The van der Waals surface area contributed by atoms with Crippen molar-refractivity contribution in [2.24, 2.45) is 4.99 Å². The number of hydrogen-bond donors (Lipinski definition) is 1. The van der Waals surface area contributed by atoms with Crippen molar-refractivity contribution in [1.29, 1.82) is 5.41 Å². The number of allylic oxidation sites excluding steroid dienone is 1. The summed E-state index contributed by atoms with van der Waals surface area (Å²) in [7, 11) is 3.12. The number of carbonyl (C=O) groups is 1. The molecule has 2 aliphatic heterocycles. The van der Waals surface area contributed by atoms with Crippen LogP contribution in [0.3, 0.4) is 0 Å². The van der Waals surface area contributed by atoms with Crippen molar-refractivity contribution >= 4 is 23.7 Å². The van der Waals surface area contributed by atoms with Crippen molar-refractivity contribution < 1.29 is 28.6 Å². The number of amidine groups is 2. The van der Waals surface area contributed by atoms with Crippen LogP contribution in [0.4, 0.5) is 0 Å². The highest BCUT2D eigenvalue weighted by atomic mass is 16.7. The number of ether oxygens (including phenoxy) is 4. The number of fused-ring (bicyclic) bond motifs is 1. The lowest BCUT2D eigenvalue weighted by molar-refractivity contribution is -0.114. The highest BCUT2D eigenvalue weighted by Crippen LogP contribution is 2.31. The minimum absolute atomic E-state index is 0.0779. The van der Waals surface area contributed by atoms with Crippen LogP contribution in [0.2, 0.25) is 0 Å². The second-order valence-electron chi connectivity index (χ2n) is 7.08. The monoisotopic (exact) mass is 449 g/mol. The van der Waals surface area contributed by atoms with E-state index < -0.39 is 5.91 Å². The van der Waals surface area contributed by atoms with Crippen LogP contribution in [0.1, 0.15) is 12.5 Å². The van der Waals surface area contributed by atoms with Gasteiger partial charge in [-0.3, -0.25) is 10.2 Å². The Morgan fingerprint density at radius 3 is 2.36 bits per heavy atom. The van der Waals surface area contributed by atoms with Gasteiger partial charge in [0.1, 0.15) is 19.0 Å². The van der Waals surface area contributed by atoms with Crippen LogP contribution in [-0.4, -0.2) is 50.1 Å². The van der Waals surface area contributed by atoms with Gasteiger partial charge in [0.15, 0.2) is 34.7 Å². The summed E-state index contributed by atoms with van der Waals surface area (Å²) in [5.74, 6) is 2.57. The SMILES string of the molecule is COc1ccccc1OCCOc1ccc(/C=C2\C(=N)N3OC(C)=CC3=NC2=O)cc1OC. The average Bonchev–Trinajstić information content (AvgIpc) is 3.20. The molecule has 9 nitrogen and oxygen atoms in total. The van der Waals surface area contributed by atoms with Crippen LogP contribution in [0.5, 0.6) is 23.0 Å². The van der Waals surface area contributed by atoms with Gasteiger partial charge in [-0.05, 0) is 42.8 Å². The topological polar surface area (TPSA) is 103 Å². The number of methoxy groups -OCH3 is 2. The lowest BCUT2D eigenvalue weighted by Gasteiger charge is -2.23. The molecule has 2 heterocycles. The van der Waals surface area contributed by atoms with Gasteiger partial charge in [0.05, 0.1) is 19.8 Å². The molecular weight excluding hydrogens is 426 g/mol. The predicted molar refractivity (Wildman–Crippen MR) is 122 cm³/mol. The van der Waals surface area contributed by atoms with E-state index in [0.29, 0.717) is 46.8 Å². The van der Waals surface area contributed by atoms with E-state index in [0.717, 1.165) is 0 Å². The maximum atomic E-state index is 12.4. The molecule has 2 aliphatic rings. The van der Waals surface area contributed by atoms with Crippen LogP contribution in [-0.2, 0) is 9.63 Å². The number of hydroxylamine groups is 2. The number of benzene rings is 2. The van der Waals surface area contributed by atoms with Crippen LogP contribution >= 0.6 is 0 Å². The predicted octanol–water partition coefficient (Wildman–Crippen LogP) is 3.61. The molecule has 1 amide bonds. The van der Waals surface area contributed by atoms with Gasteiger partial charge < -0.3 is 23.8 Å². The van der Waals surface area contributed by atoms with E-state index in [1.165, 1.54) is 12.2 Å².